The van der Waals surface area contributed by atoms with Crippen molar-refractivity contribution in [2.24, 2.45) is 0 Å². The van der Waals surface area contributed by atoms with Gasteiger partial charge < -0.3 is 25.4 Å². The van der Waals surface area contributed by atoms with E-state index in [0.29, 0.717) is 37.2 Å². The SMILES string of the molecule is CCCCCNC(=O)C(c1ccccc1O)N(CCCC)C(=O)C(CCSC)NC(=O)OC(C)(C)C. The number of carbonyl (C=O) groups is 3. The number of aromatic hydroxyl groups is 1. The van der Waals surface area contributed by atoms with Gasteiger partial charge in [0.2, 0.25) is 11.8 Å². The molecular formula is C27H45N3O5S. The number of benzene rings is 1. The van der Waals surface area contributed by atoms with Gasteiger partial charge in [0.25, 0.3) is 0 Å². The Morgan fingerprint density at radius 3 is 2.33 bits per heavy atom. The van der Waals surface area contributed by atoms with Crippen molar-refractivity contribution in [1.29, 1.82) is 0 Å². The van der Waals surface area contributed by atoms with Crippen LogP contribution in [-0.2, 0) is 14.3 Å². The number of nitrogens with one attached hydrogen (secondary N) is 2. The van der Waals surface area contributed by atoms with E-state index in [1.54, 1.807) is 50.7 Å². The Labute approximate surface area is 220 Å². The minimum Gasteiger partial charge on any atom is -0.508 e. The normalized spacial score (nSPS) is 12.9. The lowest BCUT2D eigenvalue weighted by atomic mass is 10.0. The van der Waals surface area contributed by atoms with Gasteiger partial charge in [-0.15, -0.1) is 0 Å². The number of amides is 3. The minimum atomic E-state index is -1.02. The van der Waals surface area contributed by atoms with Gasteiger partial charge in [0.1, 0.15) is 23.4 Å². The molecule has 0 saturated carbocycles. The first-order valence-corrected chi connectivity index (χ1v) is 14.3. The highest BCUT2D eigenvalue weighted by Crippen LogP contribution is 2.30. The number of phenolic OH excluding ortho intramolecular Hbond substituents is 1. The highest BCUT2D eigenvalue weighted by atomic mass is 32.2. The van der Waals surface area contributed by atoms with Crippen LogP contribution < -0.4 is 10.6 Å². The van der Waals surface area contributed by atoms with E-state index in [4.69, 9.17) is 4.74 Å². The van der Waals surface area contributed by atoms with E-state index >= 15 is 0 Å². The van der Waals surface area contributed by atoms with E-state index in [1.807, 2.05) is 13.2 Å². The number of hydrogen-bond donors (Lipinski definition) is 3. The van der Waals surface area contributed by atoms with E-state index in [2.05, 4.69) is 17.6 Å². The Morgan fingerprint density at radius 1 is 1.08 bits per heavy atom. The second-order valence-corrected chi connectivity index (χ2v) is 10.8. The number of carbonyl (C=O) groups excluding carboxylic acids is 3. The van der Waals surface area contributed by atoms with E-state index in [9.17, 15) is 19.5 Å². The maximum absolute atomic E-state index is 13.9. The predicted octanol–water partition coefficient (Wildman–Crippen LogP) is 5.01. The summed E-state index contributed by atoms with van der Waals surface area (Å²) >= 11 is 1.56. The van der Waals surface area contributed by atoms with Crippen LogP contribution in [0.1, 0.15) is 84.7 Å². The lowest BCUT2D eigenvalue weighted by molar-refractivity contribution is -0.142. The summed E-state index contributed by atoms with van der Waals surface area (Å²) < 4.78 is 5.40. The van der Waals surface area contributed by atoms with Crippen LogP contribution in [0.2, 0.25) is 0 Å². The van der Waals surface area contributed by atoms with Gasteiger partial charge in [0.05, 0.1) is 0 Å². The molecule has 0 aromatic heterocycles. The Morgan fingerprint density at radius 2 is 1.75 bits per heavy atom. The fourth-order valence-electron chi connectivity index (χ4n) is 3.69. The van der Waals surface area contributed by atoms with E-state index in [0.717, 1.165) is 25.7 Å². The number of thioether (sulfide) groups is 1. The van der Waals surface area contributed by atoms with Gasteiger partial charge in [-0.05, 0) is 58.1 Å². The van der Waals surface area contributed by atoms with Crippen molar-refractivity contribution in [3.05, 3.63) is 29.8 Å². The number of rotatable bonds is 15. The Hall–Kier alpha value is -2.42. The van der Waals surface area contributed by atoms with Crippen molar-refractivity contribution in [1.82, 2.24) is 15.5 Å². The topological polar surface area (TPSA) is 108 Å². The van der Waals surface area contributed by atoms with Crippen molar-refractivity contribution in [2.45, 2.75) is 90.8 Å². The average molecular weight is 524 g/mol. The smallest absolute Gasteiger partial charge is 0.408 e. The quantitative estimate of drug-likeness (QED) is 0.279. The highest BCUT2D eigenvalue weighted by Gasteiger charge is 2.36. The van der Waals surface area contributed by atoms with Crippen LogP contribution >= 0.6 is 11.8 Å². The maximum Gasteiger partial charge on any atom is 0.408 e. The third-order valence-corrected chi connectivity index (χ3v) is 6.15. The molecule has 9 heteroatoms. The molecule has 2 unspecified atom stereocenters. The molecule has 36 heavy (non-hydrogen) atoms. The second kappa shape index (κ2) is 16.3. The van der Waals surface area contributed by atoms with E-state index in [-0.39, 0.29) is 17.6 Å². The molecule has 0 fully saturated rings. The van der Waals surface area contributed by atoms with Crippen LogP contribution in [0.3, 0.4) is 0 Å². The van der Waals surface area contributed by atoms with Gasteiger partial charge in [-0.25, -0.2) is 4.79 Å². The van der Waals surface area contributed by atoms with Crippen LogP contribution in [0.5, 0.6) is 5.75 Å². The molecule has 3 amide bonds. The molecule has 8 nitrogen and oxygen atoms in total. The molecule has 3 N–H and O–H groups in total. The van der Waals surface area contributed by atoms with Crippen molar-refractivity contribution < 1.29 is 24.2 Å². The van der Waals surface area contributed by atoms with Crippen LogP contribution in [-0.4, -0.2) is 64.7 Å². The molecule has 0 aliphatic heterocycles. The number of unbranched alkanes of at least 4 members (excludes halogenated alkanes) is 3. The van der Waals surface area contributed by atoms with Crippen LogP contribution in [0.4, 0.5) is 4.79 Å². The summed E-state index contributed by atoms with van der Waals surface area (Å²) in [6.07, 6.45) is 5.94. The summed E-state index contributed by atoms with van der Waals surface area (Å²) in [4.78, 5) is 41.5. The fraction of sp³-hybridized carbons (Fsp3) is 0.667. The summed E-state index contributed by atoms with van der Waals surface area (Å²) in [6, 6.07) is 4.70. The fourth-order valence-corrected chi connectivity index (χ4v) is 4.16. The first-order valence-electron chi connectivity index (χ1n) is 12.9. The number of ether oxygens (including phenoxy) is 1. The molecule has 1 aromatic rings. The predicted molar refractivity (Wildman–Crippen MR) is 146 cm³/mol. The molecule has 204 valence electrons. The van der Waals surface area contributed by atoms with Gasteiger partial charge in [-0.1, -0.05) is 51.3 Å². The molecule has 0 heterocycles. The van der Waals surface area contributed by atoms with Crippen LogP contribution in [0, 0.1) is 0 Å². The first kappa shape index (κ1) is 31.6. The largest absolute Gasteiger partial charge is 0.508 e. The Balaban J connectivity index is 3.38. The number of phenols is 1. The molecule has 0 bridgehead atoms. The molecule has 1 aromatic carbocycles. The van der Waals surface area contributed by atoms with Crippen LogP contribution in [0.25, 0.3) is 0 Å². The average Bonchev–Trinajstić information content (AvgIpc) is 2.81. The second-order valence-electron chi connectivity index (χ2n) is 9.82. The van der Waals surface area contributed by atoms with Crippen LogP contribution in [0.15, 0.2) is 24.3 Å². The molecule has 1 rings (SSSR count). The Kier molecular flexibility index (Phi) is 14.4. The number of para-hydroxylation sites is 1. The molecule has 0 radical (unpaired) electrons. The van der Waals surface area contributed by atoms with Crippen molar-refractivity contribution in [3.63, 3.8) is 0 Å². The molecule has 0 spiro atoms. The van der Waals surface area contributed by atoms with E-state index in [1.165, 1.54) is 11.0 Å². The standard InChI is InChI=1S/C27H45N3O5S/c1-7-9-13-17-28-24(32)23(20-14-11-12-15-22(20)31)30(18-10-8-2)25(33)21(16-19-36-6)29-26(34)35-27(3,4)5/h11-12,14-15,21,23,31H,7-10,13,16-19H2,1-6H3,(H,28,32)(H,29,34). The molecule has 2 atom stereocenters. The molecule has 0 aliphatic carbocycles. The van der Waals surface area contributed by atoms with Crippen molar-refractivity contribution in [3.8, 4) is 5.75 Å². The molecule has 0 aliphatic rings. The monoisotopic (exact) mass is 523 g/mol. The summed E-state index contributed by atoms with van der Waals surface area (Å²) in [5.74, 6) is -0.141. The zero-order valence-electron chi connectivity index (χ0n) is 22.8. The van der Waals surface area contributed by atoms with Crippen molar-refractivity contribution >= 4 is 29.7 Å². The zero-order valence-corrected chi connectivity index (χ0v) is 23.6. The lowest BCUT2D eigenvalue weighted by Gasteiger charge is -2.34. The Bertz CT molecular complexity index is 828. The number of alkyl carbamates (subject to hydrolysis) is 1. The summed E-state index contributed by atoms with van der Waals surface area (Å²) in [5, 5.41) is 16.3. The third kappa shape index (κ3) is 11.1. The van der Waals surface area contributed by atoms with Gasteiger partial charge in [0.15, 0.2) is 0 Å². The maximum atomic E-state index is 13.9. The third-order valence-electron chi connectivity index (χ3n) is 5.51. The minimum absolute atomic E-state index is 0.0544. The zero-order chi connectivity index (χ0) is 27.1. The van der Waals surface area contributed by atoms with Gasteiger partial charge in [-0.2, -0.15) is 11.8 Å². The number of nitrogens with zero attached hydrogens (tertiary/aromatic N) is 1. The van der Waals surface area contributed by atoms with Crippen molar-refractivity contribution in [2.75, 3.05) is 25.1 Å². The molecular weight excluding hydrogens is 478 g/mol. The van der Waals surface area contributed by atoms with Gasteiger partial charge in [-0.3, -0.25) is 9.59 Å². The summed E-state index contributed by atoms with van der Waals surface area (Å²) in [5.41, 5.74) is -0.355. The summed E-state index contributed by atoms with van der Waals surface area (Å²) in [6.45, 7) is 10.2. The first-order chi connectivity index (χ1) is 17.1. The van der Waals surface area contributed by atoms with Gasteiger partial charge >= 0.3 is 6.09 Å². The summed E-state index contributed by atoms with van der Waals surface area (Å²) in [7, 11) is 0. The van der Waals surface area contributed by atoms with E-state index < -0.39 is 23.8 Å². The number of hydrogen-bond acceptors (Lipinski definition) is 6. The molecule has 0 saturated heterocycles. The highest BCUT2D eigenvalue weighted by molar-refractivity contribution is 7.98. The van der Waals surface area contributed by atoms with Gasteiger partial charge in [0, 0.05) is 18.7 Å². The lowest BCUT2D eigenvalue weighted by Crippen LogP contribution is -2.53.